The standard InChI is InChI=1S/C17H21N5O3/c23-7-13-20-21-16(22(13)12-3-4-12)10-5-11(6-10)19-17(24)14-15(9-1-2-9)25-8-18-14/h8-12,23H,1-7H2,(H,19,24). The number of nitrogens with zero attached hydrogens (tertiary/aromatic N) is 4. The Balaban J connectivity index is 1.23. The van der Waals surface area contributed by atoms with Crippen molar-refractivity contribution in [2.24, 2.45) is 0 Å². The van der Waals surface area contributed by atoms with E-state index in [4.69, 9.17) is 4.42 Å². The van der Waals surface area contributed by atoms with Gasteiger partial charge in [-0.1, -0.05) is 0 Å². The fraction of sp³-hybridized carbons (Fsp3) is 0.647. The zero-order valence-electron chi connectivity index (χ0n) is 13.9. The molecule has 0 radical (unpaired) electrons. The van der Waals surface area contributed by atoms with Crippen molar-refractivity contribution in [1.82, 2.24) is 25.1 Å². The predicted molar refractivity (Wildman–Crippen MR) is 85.9 cm³/mol. The highest BCUT2D eigenvalue weighted by atomic mass is 16.3. The topological polar surface area (TPSA) is 106 Å². The maximum Gasteiger partial charge on any atom is 0.273 e. The van der Waals surface area contributed by atoms with Gasteiger partial charge in [-0.05, 0) is 38.5 Å². The van der Waals surface area contributed by atoms with E-state index in [1.165, 1.54) is 6.39 Å². The van der Waals surface area contributed by atoms with Crippen LogP contribution in [0.4, 0.5) is 0 Å². The van der Waals surface area contributed by atoms with E-state index < -0.39 is 0 Å². The smallest absolute Gasteiger partial charge is 0.273 e. The molecular weight excluding hydrogens is 322 g/mol. The van der Waals surface area contributed by atoms with E-state index in [0.717, 1.165) is 50.1 Å². The molecule has 0 atom stereocenters. The SMILES string of the molecule is O=C(NC1CC(c2nnc(CO)n2C2CC2)C1)c1ncoc1C1CC1. The van der Waals surface area contributed by atoms with Crippen LogP contribution in [0.25, 0.3) is 0 Å². The number of oxazole rings is 1. The van der Waals surface area contributed by atoms with Crippen LogP contribution in [0.2, 0.25) is 0 Å². The molecular formula is C17H21N5O3. The third-order valence-corrected chi connectivity index (χ3v) is 5.44. The lowest BCUT2D eigenvalue weighted by molar-refractivity contribution is 0.0900. The minimum atomic E-state index is -0.140. The van der Waals surface area contributed by atoms with Crippen LogP contribution in [0.3, 0.4) is 0 Å². The van der Waals surface area contributed by atoms with Crippen LogP contribution < -0.4 is 5.32 Å². The Bertz CT molecular complexity index is 799. The summed E-state index contributed by atoms with van der Waals surface area (Å²) in [7, 11) is 0. The summed E-state index contributed by atoms with van der Waals surface area (Å²) in [5.74, 6) is 2.86. The van der Waals surface area contributed by atoms with Gasteiger partial charge in [0.25, 0.3) is 5.91 Å². The van der Waals surface area contributed by atoms with E-state index in [1.807, 2.05) is 0 Å². The minimum Gasteiger partial charge on any atom is -0.447 e. The molecule has 2 aromatic heterocycles. The quantitative estimate of drug-likeness (QED) is 0.826. The normalized spacial score (nSPS) is 25.6. The van der Waals surface area contributed by atoms with Crippen molar-refractivity contribution in [2.45, 2.75) is 69.1 Å². The second kappa shape index (κ2) is 5.66. The van der Waals surface area contributed by atoms with Gasteiger partial charge in [-0.3, -0.25) is 4.79 Å². The van der Waals surface area contributed by atoms with Crippen molar-refractivity contribution in [3.63, 3.8) is 0 Å². The molecule has 0 unspecified atom stereocenters. The van der Waals surface area contributed by atoms with E-state index >= 15 is 0 Å². The van der Waals surface area contributed by atoms with Crippen LogP contribution in [0.15, 0.2) is 10.8 Å². The molecule has 1 amide bonds. The summed E-state index contributed by atoms with van der Waals surface area (Å²) in [5.41, 5.74) is 0.440. The zero-order valence-corrected chi connectivity index (χ0v) is 13.9. The van der Waals surface area contributed by atoms with Crippen LogP contribution in [0.5, 0.6) is 0 Å². The first-order valence-corrected chi connectivity index (χ1v) is 9.03. The number of hydrogen-bond acceptors (Lipinski definition) is 6. The molecule has 3 aliphatic carbocycles. The average molecular weight is 343 g/mol. The van der Waals surface area contributed by atoms with E-state index in [0.29, 0.717) is 29.4 Å². The summed E-state index contributed by atoms with van der Waals surface area (Å²) >= 11 is 0. The van der Waals surface area contributed by atoms with Crippen molar-refractivity contribution < 1.29 is 14.3 Å². The van der Waals surface area contributed by atoms with Crippen LogP contribution in [0.1, 0.15) is 84.3 Å². The maximum atomic E-state index is 12.4. The molecule has 2 heterocycles. The van der Waals surface area contributed by atoms with Gasteiger partial charge in [0.15, 0.2) is 17.9 Å². The summed E-state index contributed by atoms with van der Waals surface area (Å²) in [6.45, 7) is -0.0769. The molecule has 25 heavy (non-hydrogen) atoms. The fourth-order valence-electron chi connectivity index (χ4n) is 3.72. The van der Waals surface area contributed by atoms with Crippen molar-refractivity contribution in [1.29, 1.82) is 0 Å². The zero-order chi connectivity index (χ0) is 17.0. The van der Waals surface area contributed by atoms with Crippen LogP contribution >= 0.6 is 0 Å². The Morgan fingerprint density at radius 3 is 2.72 bits per heavy atom. The monoisotopic (exact) mass is 343 g/mol. The highest BCUT2D eigenvalue weighted by Crippen LogP contribution is 2.43. The van der Waals surface area contributed by atoms with E-state index in [-0.39, 0.29) is 18.6 Å². The fourth-order valence-corrected chi connectivity index (χ4v) is 3.72. The Hall–Kier alpha value is -2.22. The average Bonchev–Trinajstić information content (AvgIpc) is 3.51. The Morgan fingerprint density at radius 1 is 1.24 bits per heavy atom. The molecule has 0 saturated heterocycles. The molecule has 3 fully saturated rings. The summed E-state index contributed by atoms with van der Waals surface area (Å²) in [5, 5.41) is 20.9. The van der Waals surface area contributed by atoms with Gasteiger partial charge < -0.3 is 19.4 Å². The molecule has 5 rings (SSSR count). The minimum absolute atomic E-state index is 0.0769. The summed E-state index contributed by atoms with van der Waals surface area (Å²) in [6.07, 6.45) is 7.45. The van der Waals surface area contributed by atoms with E-state index in [1.54, 1.807) is 0 Å². The van der Waals surface area contributed by atoms with Gasteiger partial charge in [0.05, 0.1) is 0 Å². The Labute approximate surface area is 144 Å². The molecule has 132 valence electrons. The molecule has 0 aromatic carbocycles. The van der Waals surface area contributed by atoms with Crippen LogP contribution in [-0.2, 0) is 6.61 Å². The lowest BCUT2D eigenvalue weighted by Crippen LogP contribution is -2.44. The van der Waals surface area contributed by atoms with Crippen LogP contribution in [-0.4, -0.2) is 36.8 Å². The number of carbonyl (C=O) groups is 1. The molecule has 0 spiro atoms. The largest absolute Gasteiger partial charge is 0.447 e. The molecule has 8 nitrogen and oxygen atoms in total. The van der Waals surface area contributed by atoms with Gasteiger partial charge in [0.1, 0.15) is 18.2 Å². The van der Waals surface area contributed by atoms with Crippen LogP contribution in [0, 0.1) is 0 Å². The summed E-state index contributed by atoms with van der Waals surface area (Å²) in [4.78, 5) is 16.5. The highest BCUT2D eigenvalue weighted by molar-refractivity contribution is 5.93. The molecule has 2 N–H and O–H groups in total. The van der Waals surface area contributed by atoms with E-state index in [9.17, 15) is 9.90 Å². The maximum absolute atomic E-state index is 12.4. The van der Waals surface area contributed by atoms with Gasteiger partial charge in [0, 0.05) is 23.9 Å². The number of hydrogen-bond donors (Lipinski definition) is 2. The summed E-state index contributed by atoms with van der Waals surface area (Å²) in [6, 6.07) is 0.570. The first-order valence-electron chi connectivity index (χ1n) is 9.03. The van der Waals surface area contributed by atoms with Crippen molar-refractivity contribution >= 4 is 5.91 Å². The second-order valence-electron chi connectivity index (χ2n) is 7.41. The molecule has 0 aliphatic heterocycles. The van der Waals surface area contributed by atoms with Crippen molar-refractivity contribution in [2.75, 3.05) is 0 Å². The number of nitrogens with one attached hydrogen (secondary N) is 1. The first kappa shape index (κ1) is 15.1. The third kappa shape index (κ3) is 2.64. The molecule has 3 saturated carbocycles. The number of aliphatic hydroxyl groups excluding tert-OH is 1. The van der Waals surface area contributed by atoms with Gasteiger partial charge in [-0.15, -0.1) is 10.2 Å². The number of aliphatic hydroxyl groups is 1. The summed E-state index contributed by atoms with van der Waals surface area (Å²) < 4.78 is 7.48. The highest BCUT2D eigenvalue weighted by Gasteiger charge is 2.39. The van der Waals surface area contributed by atoms with Gasteiger partial charge >= 0.3 is 0 Å². The lowest BCUT2D eigenvalue weighted by Gasteiger charge is -2.35. The predicted octanol–water partition coefficient (Wildman–Crippen LogP) is 1.65. The van der Waals surface area contributed by atoms with Gasteiger partial charge in [-0.2, -0.15) is 0 Å². The number of rotatable bonds is 6. The lowest BCUT2D eigenvalue weighted by atomic mass is 9.79. The second-order valence-corrected chi connectivity index (χ2v) is 7.41. The number of aromatic nitrogens is 4. The van der Waals surface area contributed by atoms with Gasteiger partial charge in [-0.25, -0.2) is 4.98 Å². The molecule has 3 aliphatic rings. The van der Waals surface area contributed by atoms with Crippen molar-refractivity contribution in [3.8, 4) is 0 Å². The Kier molecular flexibility index (Phi) is 3.41. The molecule has 2 aromatic rings. The Morgan fingerprint density at radius 2 is 2.04 bits per heavy atom. The number of carbonyl (C=O) groups excluding carboxylic acids is 1. The molecule has 0 bridgehead atoms. The van der Waals surface area contributed by atoms with E-state index in [2.05, 4.69) is 25.1 Å². The number of amides is 1. The molecule has 8 heteroatoms. The van der Waals surface area contributed by atoms with Gasteiger partial charge in [0.2, 0.25) is 0 Å². The van der Waals surface area contributed by atoms with Crippen molar-refractivity contribution in [3.05, 3.63) is 29.5 Å². The first-order chi connectivity index (χ1) is 12.2. The third-order valence-electron chi connectivity index (χ3n) is 5.44.